The predicted octanol–water partition coefficient (Wildman–Crippen LogP) is 2.47. The number of carbonyl (C=O) groups is 1. The average Bonchev–Trinajstić information content (AvgIpc) is 3.23. The number of nitrogens with one attached hydrogen (secondary N) is 1. The van der Waals surface area contributed by atoms with Crippen LogP contribution in [0.4, 0.5) is 8.78 Å². The molecule has 122 valence electrons. The standard InChI is InChI=1S/C17H19F2N3O/c18-13-1-2-15(19)14(7-13)16-3-4-21-22(16)17(23)10-5-11-8-20-9-12(11)6-10/h1-2,4,7,10-12,16,20H,3,5-6,8-9H2. The van der Waals surface area contributed by atoms with E-state index in [4.69, 9.17) is 0 Å². The van der Waals surface area contributed by atoms with E-state index in [1.807, 2.05) is 0 Å². The lowest BCUT2D eigenvalue weighted by atomic mass is 10.00. The Morgan fingerprint density at radius 2 is 1.96 bits per heavy atom. The van der Waals surface area contributed by atoms with Crippen molar-refractivity contribution in [1.82, 2.24) is 10.3 Å². The highest BCUT2D eigenvalue weighted by molar-refractivity contribution is 5.82. The van der Waals surface area contributed by atoms with Crippen LogP contribution in [0.25, 0.3) is 0 Å². The first kappa shape index (κ1) is 14.8. The largest absolute Gasteiger partial charge is 0.316 e. The average molecular weight is 319 g/mol. The van der Waals surface area contributed by atoms with E-state index in [0.717, 1.165) is 38.1 Å². The van der Waals surface area contributed by atoms with Gasteiger partial charge in [0, 0.05) is 24.1 Å². The third-order valence-electron chi connectivity index (χ3n) is 5.38. The lowest BCUT2D eigenvalue weighted by molar-refractivity contribution is -0.137. The predicted molar refractivity (Wildman–Crippen MR) is 81.6 cm³/mol. The summed E-state index contributed by atoms with van der Waals surface area (Å²) >= 11 is 0. The summed E-state index contributed by atoms with van der Waals surface area (Å²) in [7, 11) is 0. The number of nitrogens with zero attached hydrogens (tertiary/aromatic N) is 2. The summed E-state index contributed by atoms with van der Waals surface area (Å²) in [6.07, 6.45) is 3.76. The van der Waals surface area contributed by atoms with Gasteiger partial charge < -0.3 is 5.32 Å². The fourth-order valence-corrected chi connectivity index (χ4v) is 4.21. The Labute approximate surface area is 133 Å². The summed E-state index contributed by atoms with van der Waals surface area (Å²) in [5, 5.41) is 8.88. The van der Waals surface area contributed by atoms with Gasteiger partial charge in [-0.05, 0) is 56.0 Å². The highest BCUT2D eigenvalue weighted by Gasteiger charge is 2.43. The molecule has 0 radical (unpaired) electrons. The van der Waals surface area contributed by atoms with Crippen molar-refractivity contribution in [2.45, 2.75) is 25.3 Å². The number of hydrazone groups is 1. The summed E-state index contributed by atoms with van der Waals surface area (Å²) in [5.41, 5.74) is 0.204. The van der Waals surface area contributed by atoms with E-state index >= 15 is 0 Å². The topological polar surface area (TPSA) is 44.7 Å². The highest BCUT2D eigenvalue weighted by atomic mass is 19.1. The van der Waals surface area contributed by atoms with Gasteiger partial charge in [0.1, 0.15) is 11.6 Å². The maximum Gasteiger partial charge on any atom is 0.246 e. The summed E-state index contributed by atoms with van der Waals surface area (Å²) in [4.78, 5) is 12.8. The van der Waals surface area contributed by atoms with E-state index in [2.05, 4.69) is 10.4 Å². The summed E-state index contributed by atoms with van der Waals surface area (Å²) < 4.78 is 27.5. The Morgan fingerprint density at radius 3 is 2.70 bits per heavy atom. The SMILES string of the molecule is O=C(C1CC2CNCC2C1)N1N=CCC1c1cc(F)ccc1F. The van der Waals surface area contributed by atoms with Gasteiger partial charge in [0.15, 0.2) is 0 Å². The van der Waals surface area contributed by atoms with Gasteiger partial charge in [-0.2, -0.15) is 5.10 Å². The molecule has 0 bridgehead atoms. The van der Waals surface area contributed by atoms with Gasteiger partial charge in [-0.1, -0.05) is 0 Å². The molecule has 4 rings (SSSR count). The first-order valence-electron chi connectivity index (χ1n) is 8.14. The molecule has 1 aliphatic carbocycles. The minimum Gasteiger partial charge on any atom is -0.316 e. The van der Waals surface area contributed by atoms with Gasteiger partial charge >= 0.3 is 0 Å². The molecule has 2 aliphatic heterocycles. The number of fused-ring (bicyclic) bond motifs is 1. The number of carbonyl (C=O) groups excluding carboxylic acids is 1. The van der Waals surface area contributed by atoms with Gasteiger partial charge in [0.05, 0.1) is 6.04 Å². The van der Waals surface area contributed by atoms with Crippen LogP contribution in [0.2, 0.25) is 0 Å². The molecule has 1 aromatic carbocycles. The van der Waals surface area contributed by atoms with Gasteiger partial charge in [-0.3, -0.25) is 4.79 Å². The number of benzene rings is 1. The molecule has 1 aromatic rings. The number of hydrogen-bond acceptors (Lipinski definition) is 3. The second kappa shape index (κ2) is 5.67. The van der Waals surface area contributed by atoms with Crippen LogP contribution in [0.1, 0.15) is 30.9 Å². The van der Waals surface area contributed by atoms with Crippen molar-refractivity contribution in [1.29, 1.82) is 0 Å². The van der Waals surface area contributed by atoms with Crippen LogP contribution in [0.5, 0.6) is 0 Å². The third-order valence-corrected chi connectivity index (χ3v) is 5.38. The molecule has 2 heterocycles. The molecule has 3 unspecified atom stereocenters. The Kier molecular flexibility index (Phi) is 3.64. The van der Waals surface area contributed by atoms with Crippen molar-refractivity contribution < 1.29 is 13.6 Å². The number of rotatable bonds is 2. The fourth-order valence-electron chi connectivity index (χ4n) is 4.21. The second-order valence-corrected chi connectivity index (χ2v) is 6.74. The quantitative estimate of drug-likeness (QED) is 0.910. The van der Waals surface area contributed by atoms with Crippen LogP contribution in [0.15, 0.2) is 23.3 Å². The monoisotopic (exact) mass is 319 g/mol. The van der Waals surface area contributed by atoms with E-state index in [0.29, 0.717) is 18.3 Å². The molecule has 3 aliphatic rings. The van der Waals surface area contributed by atoms with Crippen molar-refractivity contribution >= 4 is 12.1 Å². The normalized spacial score (nSPS) is 32.5. The highest BCUT2D eigenvalue weighted by Crippen LogP contribution is 2.41. The Balaban J connectivity index is 1.54. The van der Waals surface area contributed by atoms with Crippen molar-refractivity contribution in [3.05, 3.63) is 35.4 Å². The summed E-state index contributed by atoms with van der Waals surface area (Å²) in [6.45, 7) is 1.94. The van der Waals surface area contributed by atoms with E-state index in [1.54, 1.807) is 6.21 Å². The zero-order valence-corrected chi connectivity index (χ0v) is 12.7. The second-order valence-electron chi connectivity index (χ2n) is 6.74. The van der Waals surface area contributed by atoms with Gasteiger partial charge in [-0.15, -0.1) is 0 Å². The molecule has 0 aromatic heterocycles. The molecule has 3 atom stereocenters. The maximum absolute atomic E-state index is 14.1. The zero-order valence-electron chi connectivity index (χ0n) is 12.7. The minimum atomic E-state index is -0.531. The number of halogens is 2. The van der Waals surface area contributed by atoms with Gasteiger partial charge in [0.2, 0.25) is 5.91 Å². The molecule has 1 saturated heterocycles. The van der Waals surface area contributed by atoms with Crippen LogP contribution in [0, 0.1) is 29.4 Å². The molecule has 4 nitrogen and oxygen atoms in total. The first-order valence-corrected chi connectivity index (χ1v) is 8.14. The van der Waals surface area contributed by atoms with Crippen molar-refractivity contribution in [3.63, 3.8) is 0 Å². The van der Waals surface area contributed by atoms with E-state index in [1.165, 1.54) is 11.1 Å². The first-order chi connectivity index (χ1) is 11.1. The molecule has 1 saturated carbocycles. The molecule has 1 N–H and O–H groups in total. The van der Waals surface area contributed by atoms with Crippen molar-refractivity contribution in [2.24, 2.45) is 22.9 Å². The van der Waals surface area contributed by atoms with Crippen LogP contribution in [-0.4, -0.2) is 30.2 Å². The molecule has 6 heteroatoms. The van der Waals surface area contributed by atoms with Gasteiger partial charge in [0.25, 0.3) is 0 Å². The van der Waals surface area contributed by atoms with Crippen molar-refractivity contribution in [2.75, 3.05) is 13.1 Å². The van der Waals surface area contributed by atoms with Crippen LogP contribution >= 0.6 is 0 Å². The fraction of sp³-hybridized carbons (Fsp3) is 0.529. The van der Waals surface area contributed by atoms with Crippen LogP contribution in [-0.2, 0) is 4.79 Å². The Hall–Kier alpha value is -1.82. The van der Waals surface area contributed by atoms with Gasteiger partial charge in [-0.25, -0.2) is 13.8 Å². The number of amides is 1. The molecular weight excluding hydrogens is 300 g/mol. The van der Waals surface area contributed by atoms with E-state index in [9.17, 15) is 13.6 Å². The Morgan fingerprint density at radius 1 is 1.22 bits per heavy atom. The maximum atomic E-state index is 14.1. The smallest absolute Gasteiger partial charge is 0.246 e. The summed E-state index contributed by atoms with van der Waals surface area (Å²) in [6, 6.07) is 2.84. The lowest BCUT2D eigenvalue weighted by Crippen LogP contribution is -2.33. The number of hydrogen-bond donors (Lipinski definition) is 1. The third kappa shape index (κ3) is 2.55. The molecular formula is C17H19F2N3O. The Bertz CT molecular complexity index is 651. The van der Waals surface area contributed by atoms with Crippen molar-refractivity contribution in [3.8, 4) is 0 Å². The lowest BCUT2D eigenvalue weighted by Gasteiger charge is -2.25. The molecule has 0 spiro atoms. The van der Waals surface area contributed by atoms with E-state index in [-0.39, 0.29) is 17.4 Å². The molecule has 23 heavy (non-hydrogen) atoms. The minimum absolute atomic E-state index is 0.0539. The van der Waals surface area contributed by atoms with E-state index < -0.39 is 17.7 Å². The van der Waals surface area contributed by atoms with Crippen LogP contribution < -0.4 is 5.32 Å². The molecule has 2 fully saturated rings. The molecule has 1 amide bonds. The summed E-state index contributed by atoms with van der Waals surface area (Å²) in [5.74, 6) is 0.0115. The zero-order chi connectivity index (χ0) is 16.0. The van der Waals surface area contributed by atoms with Crippen LogP contribution in [0.3, 0.4) is 0 Å².